The van der Waals surface area contributed by atoms with Crippen LogP contribution in [0, 0.1) is 0 Å². The second-order valence-corrected chi connectivity index (χ2v) is 0.183. The standard InChI is InChI=1S/2CHO2.2H2O.Zn/c2*2-1-3;;;/h2*(H,2,3);2*1H2;/q2*-1;;;+2. The minimum absolute atomic E-state index is 0. The van der Waals surface area contributed by atoms with Gasteiger partial charge < -0.3 is 30.8 Å². The summed E-state index contributed by atoms with van der Waals surface area (Å²) in [6.07, 6.45) is 0. The fourth-order valence-electron chi connectivity index (χ4n) is 0. The van der Waals surface area contributed by atoms with Crippen molar-refractivity contribution in [2.24, 2.45) is 0 Å². The number of aliphatic hydroxyl groups excluding tert-OH is 2. The summed E-state index contributed by atoms with van der Waals surface area (Å²) >= 11 is 0. The van der Waals surface area contributed by atoms with Gasteiger partial charge in [0.2, 0.25) is 0 Å². The van der Waals surface area contributed by atoms with Crippen LogP contribution in [-0.4, -0.2) is 34.1 Å². The quantitative estimate of drug-likeness (QED) is 0.325. The summed E-state index contributed by atoms with van der Waals surface area (Å²) in [5.74, 6) is 0. The number of rotatable bonds is 0. The molecule has 7 heteroatoms. The second-order valence-electron chi connectivity index (χ2n) is 0.183. The van der Waals surface area contributed by atoms with Gasteiger partial charge in [0.15, 0.2) is 0 Å². The molecule has 52 valence electrons. The maximum Gasteiger partial charge on any atom is 2.00 e. The molecular formula is C2H6O6Zn. The molecule has 0 saturated heterocycles. The van der Waals surface area contributed by atoms with Gasteiger partial charge in [-0.2, -0.15) is 0 Å². The van der Waals surface area contributed by atoms with E-state index in [0.29, 0.717) is 12.9 Å². The van der Waals surface area contributed by atoms with Gasteiger partial charge in [-0.3, -0.25) is 0 Å². The Morgan fingerprint density at radius 3 is 0.889 bits per heavy atom. The summed E-state index contributed by atoms with van der Waals surface area (Å²) in [5.41, 5.74) is 0. The molecule has 0 radical (unpaired) electrons. The van der Waals surface area contributed by atoms with Crippen LogP contribution in [0.4, 0.5) is 0 Å². The Bertz CT molecular complexity index is 32.0. The minimum atomic E-state index is 0. The van der Waals surface area contributed by atoms with Crippen LogP contribution in [0.2, 0.25) is 0 Å². The van der Waals surface area contributed by atoms with Crippen molar-refractivity contribution in [3.05, 3.63) is 0 Å². The molecule has 0 aliphatic heterocycles. The van der Waals surface area contributed by atoms with Crippen LogP contribution in [0.3, 0.4) is 0 Å². The Labute approximate surface area is 63.9 Å². The van der Waals surface area contributed by atoms with E-state index in [-0.39, 0.29) is 30.4 Å². The van der Waals surface area contributed by atoms with Gasteiger partial charge in [0.25, 0.3) is 0 Å². The molecule has 0 aliphatic carbocycles. The molecular weight excluding hydrogens is 185 g/mol. The van der Waals surface area contributed by atoms with Crippen LogP contribution in [0.1, 0.15) is 0 Å². The third-order valence-corrected chi connectivity index (χ3v) is 0. The molecule has 0 amide bonds. The Morgan fingerprint density at radius 2 is 0.889 bits per heavy atom. The first-order valence-electron chi connectivity index (χ1n) is 0.855. The van der Waals surface area contributed by atoms with E-state index in [9.17, 15) is 0 Å². The molecule has 0 heterocycles. The third-order valence-electron chi connectivity index (χ3n) is 0. The average Bonchev–Trinajstić information content (AvgIpc) is 1.39. The summed E-state index contributed by atoms with van der Waals surface area (Å²) in [7, 11) is 0. The number of hydrogen-bond donors (Lipinski definition) is 2. The van der Waals surface area contributed by atoms with Gasteiger partial charge in [-0.25, -0.2) is 0 Å². The van der Waals surface area contributed by atoms with Crippen LogP contribution < -0.4 is 0 Å². The Balaban J connectivity index is -0.00000000889. The van der Waals surface area contributed by atoms with Crippen molar-refractivity contribution in [2.45, 2.75) is 0 Å². The van der Waals surface area contributed by atoms with E-state index in [1.165, 1.54) is 0 Å². The van der Waals surface area contributed by atoms with Crippen LogP contribution in [0.15, 0.2) is 0 Å². The number of hydrogen-bond acceptors (Lipinski definition) is 2. The smallest absolute Gasteiger partial charge is 0.665 e. The molecule has 0 aliphatic rings. The van der Waals surface area contributed by atoms with Gasteiger partial charge in [-0.05, 0) is 0 Å². The van der Waals surface area contributed by atoms with Crippen LogP contribution >= 0.6 is 0 Å². The van der Waals surface area contributed by atoms with Crippen molar-refractivity contribution in [1.82, 2.24) is 0 Å². The van der Waals surface area contributed by atoms with Gasteiger partial charge in [-0.15, -0.1) is 0 Å². The molecule has 0 bridgehead atoms. The van der Waals surface area contributed by atoms with E-state index < -0.39 is 0 Å². The SMILES string of the molecule is O.O.O=[C-]O.O=[C-]O.[Zn+2]. The molecule has 0 aromatic rings. The molecule has 0 rings (SSSR count). The molecule has 6 nitrogen and oxygen atoms in total. The van der Waals surface area contributed by atoms with E-state index >= 15 is 0 Å². The third kappa shape index (κ3) is 843. The second kappa shape index (κ2) is 143. The van der Waals surface area contributed by atoms with E-state index in [0.717, 1.165) is 0 Å². The average molecular weight is 191 g/mol. The van der Waals surface area contributed by atoms with Crippen molar-refractivity contribution in [3.63, 3.8) is 0 Å². The first-order chi connectivity index (χ1) is 2.83. The van der Waals surface area contributed by atoms with Crippen molar-refractivity contribution in [2.75, 3.05) is 0 Å². The molecule has 0 fully saturated rings. The van der Waals surface area contributed by atoms with Crippen molar-refractivity contribution in [1.29, 1.82) is 0 Å². The van der Waals surface area contributed by atoms with Gasteiger partial charge in [0, 0.05) is 0 Å². The molecule has 0 aromatic carbocycles. The van der Waals surface area contributed by atoms with Crippen molar-refractivity contribution < 1.29 is 50.2 Å². The predicted molar refractivity (Wildman–Crippen MR) is 23.9 cm³/mol. The molecule has 0 saturated carbocycles. The zero-order chi connectivity index (χ0) is 5.41. The fraction of sp³-hybridized carbons (Fsp3) is 0. The molecule has 0 atom stereocenters. The van der Waals surface area contributed by atoms with Crippen LogP contribution in [0.5, 0.6) is 0 Å². The van der Waals surface area contributed by atoms with Crippen LogP contribution in [0.25, 0.3) is 0 Å². The zero-order valence-electron chi connectivity index (χ0n) is 4.42. The maximum atomic E-state index is 8.24. The Kier molecular flexibility index (Phi) is 622. The van der Waals surface area contributed by atoms with E-state index in [1.807, 2.05) is 0 Å². The Hall–Kier alpha value is -0.517. The van der Waals surface area contributed by atoms with E-state index in [1.54, 1.807) is 0 Å². The van der Waals surface area contributed by atoms with Crippen molar-refractivity contribution >= 4 is 12.9 Å². The molecule has 6 N–H and O–H groups in total. The maximum absolute atomic E-state index is 8.24. The summed E-state index contributed by atoms with van der Waals surface area (Å²) in [4.78, 5) is 16.5. The topological polar surface area (TPSA) is 138 Å². The van der Waals surface area contributed by atoms with Gasteiger partial charge >= 0.3 is 19.5 Å². The van der Waals surface area contributed by atoms with E-state index in [4.69, 9.17) is 19.8 Å². The normalized spacial score (nSPS) is 2.67. The summed E-state index contributed by atoms with van der Waals surface area (Å²) in [6, 6.07) is 0. The van der Waals surface area contributed by atoms with Gasteiger partial charge in [0.1, 0.15) is 0 Å². The molecule has 0 aromatic heterocycles. The summed E-state index contributed by atoms with van der Waals surface area (Å²) in [6.45, 7) is 1.00. The zero-order valence-corrected chi connectivity index (χ0v) is 7.39. The molecule has 9 heavy (non-hydrogen) atoms. The fourth-order valence-corrected chi connectivity index (χ4v) is 0. The minimum Gasteiger partial charge on any atom is -0.665 e. The molecule has 0 spiro atoms. The van der Waals surface area contributed by atoms with Gasteiger partial charge in [0.05, 0.1) is 0 Å². The summed E-state index contributed by atoms with van der Waals surface area (Å²) < 4.78 is 0. The molecule has 0 unspecified atom stereocenters. The largest absolute Gasteiger partial charge is 2.00 e. The summed E-state index contributed by atoms with van der Waals surface area (Å²) in [5, 5.41) is 13.5. The Morgan fingerprint density at radius 1 is 0.889 bits per heavy atom. The van der Waals surface area contributed by atoms with E-state index in [2.05, 4.69) is 0 Å². The first-order valence-corrected chi connectivity index (χ1v) is 0.855. The first kappa shape index (κ1) is 39.2. The monoisotopic (exact) mass is 190 g/mol. The van der Waals surface area contributed by atoms with Gasteiger partial charge in [-0.1, -0.05) is 12.9 Å². The predicted octanol–water partition coefficient (Wildman–Crippen LogP) is -2.43. The van der Waals surface area contributed by atoms with Crippen LogP contribution in [-0.2, 0) is 29.1 Å². The van der Waals surface area contributed by atoms with Crippen molar-refractivity contribution in [3.8, 4) is 0 Å².